The Morgan fingerprint density at radius 2 is 2.07 bits per heavy atom. The molecule has 9 heteroatoms. The van der Waals surface area contributed by atoms with Crippen LogP contribution in [-0.2, 0) is 0 Å². The van der Waals surface area contributed by atoms with E-state index in [0.29, 0.717) is 0 Å². The van der Waals surface area contributed by atoms with Gasteiger partial charge in [-0.15, -0.1) is 13.2 Å². The number of nitro groups is 1. The number of hydrogen-bond acceptors (Lipinski definition) is 4. The normalized spacial score (nSPS) is 11.2. The zero-order valence-electron chi connectivity index (χ0n) is 6.79. The topological polar surface area (TPSA) is 65.3 Å². The summed E-state index contributed by atoms with van der Waals surface area (Å²) >= 11 is 2.66. The molecule has 82 valence electrons. The number of rotatable bonds is 2. The van der Waals surface area contributed by atoms with Crippen LogP contribution in [0.5, 0.6) is 5.88 Å². The Morgan fingerprint density at radius 3 is 2.47 bits per heavy atom. The van der Waals surface area contributed by atoms with Crippen molar-refractivity contribution in [2.75, 3.05) is 0 Å². The summed E-state index contributed by atoms with van der Waals surface area (Å²) in [7, 11) is 0. The Labute approximate surface area is 89.1 Å². The number of aromatic nitrogens is 1. The zero-order chi connectivity index (χ0) is 11.6. The third-order valence-corrected chi connectivity index (χ3v) is 1.80. The van der Waals surface area contributed by atoms with Crippen LogP contribution in [0.3, 0.4) is 0 Å². The Bertz CT molecular complexity index is 396. The van der Waals surface area contributed by atoms with E-state index in [0.717, 1.165) is 12.1 Å². The van der Waals surface area contributed by atoms with E-state index >= 15 is 0 Å². The van der Waals surface area contributed by atoms with Gasteiger partial charge in [-0.1, -0.05) is 0 Å². The van der Waals surface area contributed by atoms with Gasteiger partial charge in [-0.2, -0.15) is 4.98 Å². The van der Waals surface area contributed by atoms with Crippen LogP contribution in [0.15, 0.2) is 16.7 Å². The number of halogens is 4. The third-order valence-electron chi connectivity index (χ3n) is 1.22. The summed E-state index contributed by atoms with van der Waals surface area (Å²) in [4.78, 5) is 12.7. The third kappa shape index (κ3) is 3.35. The number of alkyl halides is 3. The minimum atomic E-state index is -4.87. The van der Waals surface area contributed by atoms with E-state index in [1.54, 1.807) is 0 Å². The fraction of sp³-hybridized carbons (Fsp3) is 0.167. The lowest BCUT2D eigenvalue weighted by Gasteiger charge is -2.07. The standard InChI is InChI=1S/C6H2BrF3N2O3/c7-5-3(12(13)14)1-2-4(11-5)15-6(8,9)10/h1-2H. The first-order chi connectivity index (χ1) is 6.79. The summed E-state index contributed by atoms with van der Waals surface area (Å²) in [6, 6.07) is 1.62. The largest absolute Gasteiger partial charge is 0.574 e. The van der Waals surface area contributed by atoms with Crippen LogP contribution in [-0.4, -0.2) is 16.3 Å². The first kappa shape index (κ1) is 11.7. The van der Waals surface area contributed by atoms with Crippen LogP contribution >= 0.6 is 15.9 Å². The molecular weight excluding hydrogens is 285 g/mol. The Balaban J connectivity index is 2.97. The predicted molar refractivity (Wildman–Crippen MR) is 45.3 cm³/mol. The van der Waals surface area contributed by atoms with Gasteiger partial charge in [0.25, 0.3) is 0 Å². The average molecular weight is 287 g/mol. The van der Waals surface area contributed by atoms with Crippen molar-refractivity contribution in [3.63, 3.8) is 0 Å². The van der Waals surface area contributed by atoms with Crippen LogP contribution in [0, 0.1) is 10.1 Å². The van der Waals surface area contributed by atoms with Gasteiger partial charge in [0.05, 0.1) is 4.92 Å². The van der Waals surface area contributed by atoms with E-state index in [1.165, 1.54) is 0 Å². The molecule has 15 heavy (non-hydrogen) atoms. The molecule has 0 spiro atoms. The van der Waals surface area contributed by atoms with Gasteiger partial charge in [0.15, 0.2) is 4.60 Å². The summed E-state index contributed by atoms with van der Waals surface area (Å²) in [6.07, 6.45) is -4.87. The van der Waals surface area contributed by atoms with E-state index in [9.17, 15) is 23.3 Å². The lowest BCUT2D eigenvalue weighted by Crippen LogP contribution is -2.18. The van der Waals surface area contributed by atoms with Crippen molar-refractivity contribution in [3.05, 3.63) is 26.9 Å². The first-order valence-electron chi connectivity index (χ1n) is 3.36. The van der Waals surface area contributed by atoms with Crippen molar-refractivity contribution in [3.8, 4) is 5.88 Å². The lowest BCUT2D eigenvalue weighted by atomic mass is 10.4. The second-order valence-corrected chi connectivity index (χ2v) is 3.02. The number of pyridine rings is 1. The lowest BCUT2D eigenvalue weighted by molar-refractivity contribution is -0.386. The van der Waals surface area contributed by atoms with E-state index in [1.807, 2.05) is 0 Å². The van der Waals surface area contributed by atoms with Crippen molar-refractivity contribution >= 4 is 21.6 Å². The number of nitrogens with zero attached hydrogens (tertiary/aromatic N) is 2. The smallest absolute Gasteiger partial charge is 0.388 e. The van der Waals surface area contributed by atoms with E-state index < -0.39 is 22.9 Å². The van der Waals surface area contributed by atoms with Gasteiger partial charge < -0.3 is 4.74 Å². The molecule has 0 bridgehead atoms. The van der Waals surface area contributed by atoms with Crippen molar-refractivity contribution in [1.29, 1.82) is 0 Å². The Kier molecular flexibility index (Phi) is 3.12. The fourth-order valence-electron chi connectivity index (χ4n) is 0.722. The predicted octanol–water partition coefficient (Wildman–Crippen LogP) is 2.65. The summed E-state index contributed by atoms with van der Waals surface area (Å²) < 4.78 is 38.3. The van der Waals surface area contributed by atoms with Crippen molar-refractivity contribution < 1.29 is 22.8 Å². The summed E-state index contributed by atoms with van der Waals surface area (Å²) in [5, 5.41) is 10.3. The average Bonchev–Trinajstić information content (AvgIpc) is 1.99. The minimum absolute atomic E-state index is 0.325. The maximum Gasteiger partial charge on any atom is 0.574 e. The highest BCUT2D eigenvalue weighted by Gasteiger charge is 2.32. The quantitative estimate of drug-likeness (QED) is 0.476. The van der Waals surface area contributed by atoms with Crippen LogP contribution in [0.4, 0.5) is 18.9 Å². The zero-order valence-corrected chi connectivity index (χ0v) is 8.37. The van der Waals surface area contributed by atoms with Gasteiger partial charge in [0, 0.05) is 12.1 Å². The summed E-state index contributed by atoms with van der Waals surface area (Å²) in [5.41, 5.74) is -0.440. The fourth-order valence-corrected chi connectivity index (χ4v) is 1.17. The second-order valence-electron chi connectivity index (χ2n) is 2.26. The highest BCUT2D eigenvalue weighted by molar-refractivity contribution is 9.10. The molecule has 0 aliphatic rings. The molecule has 0 saturated heterocycles. The number of hydrogen-bond donors (Lipinski definition) is 0. The monoisotopic (exact) mass is 286 g/mol. The SMILES string of the molecule is O=[N+]([O-])c1ccc(OC(F)(F)F)nc1Br. The summed E-state index contributed by atoms with van der Waals surface area (Å²) in [6.45, 7) is 0. The minimum Gasteiger partial charge on any atom is -0.388 e. The second kappa shape index (κ2) is 4.01. The molecule has 0 N–H and O–H groups in total. The molecule has 0 aromatic carbocycles. The van der Waals surface area contributed by atoms with Crippen LogP contribution in [0.1, 0.15) is 0 Å². The summed E-state index contributed by atoms with van der Waals surface area (Å²) in [5.74, 6) is -0.764. The van der Waals surface area contributed by atoms with Crippen molar-refractivity contribution in [2.45, 2.75) is 6.36 Å². The van der Waals surface area contributed by atoms with Crippen LogP contribution in [0.25, 0.3) is 0 Å². The van der Waals surface area contributed by atoms with Gasteiger partial charge in [0.2, 0.25) is 5.88 Å². The van der Waals surface area contributed by atoms with Gasteiger partial charge in [-0.25, -0.2) is 0 Å². The Hall–Kier alpha value is -1.38. The molecule has 5 nitrogen and oxygen atoms in total. The molecular formula is C6H2BrF3N2O3. The molecule has 0 radical (unpaired) electrons. The van der Waals surface area contributed by atoms with Crippen molar-refractivity contribution in [1.82, 2.24) is 4.98 Å². The van der Waals surface area contributed by atoms with Crippen molar-refractivity contribution in [2.24, 2.45) is 0 Å². The van der Waals surface area contributed by atoms with E-state index in [4.69, 9.17) is 0 Å². The van der Waals surface area contributed by atoms with Crippen LogP contribution in [0.2, 0.25) is 0 Å². The molecule has 1 rings (SSSR count). The molecule has 0 atom stereocenters. The molecule has 0 aliphatic heterocycles. The molecule has 1 aromatic rings. The van der Waals surface area contributed by atoms with E-state index in [2.05, 4.69) is 25.7 Å². The molecule has 0 unspecified atom stereocenters. The first-order valence-corrected chi connectivity index (χ1v) is 4.15. The molecule has 0 fully saturated rings. The van der Waals surface area contributed by atoms with Gasteiger partial charge in [0.1, 0.15) is 0 Å². The highest BCUT2D eigenvalue weighted by atomic mass is 79.9. The van der Waals surface area contributed by atoms with Crippen LogP contribution < -0.4 is 4.74 Å². The van der Waals surface area contributed by atoms with E-state index in [-0.39, 0.29) is 4.60 Å². The van der Waals surface area contributed by atoms with Gasteiger partial charge in [-0.3, -0.25) is 10.1 Å². The number of ether oxygens (including phenoxy) is 1. The van der Waals surface area contributed by atoms with Gasteiger partial charge >= 0.3 is 12.0 Å². The Morgan fingerprint density at radius 1 is 1.47 bits per heavy atom. The molecule has 0 saturated carbocycles. The maximum absolute atomic E-state index is 11.7. The highest BCUT2D eigenvalue weighted by Crippen LogP contribution is 2.27. The molecule has 1 heterocycles. The van der Waals surface area contributed by atoms with Gasteiger partial charge in [-0.05, 0) is 15.9 Å². The maximum atomic E-state index is 11.7. The molecule has 1 aromatic heterocycles. The molecule has 0 aliphatic carbocycles. The molecule has 0 amide bonds.